The van der Waals surface area contributed by atoms with Crippen LogP contribution in [0.2, 0.25) is 0 Å². The maximum atomic E-state index is 13.4. The molecule has 0 aliphatic carbocycles. The molecule has 86 valence electrons. The van der Waals surface area contributed by atoms with E-state index in [2.05, 4.69) is 0 Å². The summed E-state index contributed by atoms with van der Waals surface area (Å²) in [6, 6.07) is 9.11. The van der Waals surface area contributed by atoms with Crippen LogP contribution in [0, 0.1) is 18.6 Å². The summed E-state index contributed by atoms with van der Waals surface area (Å²) in [6.45, 7) is 1.39. The Hall–Kier alpha value is -2.03. The Morgan fingerprint density at radius 1 is 0.941 bits per heavy atom. The van der Waals surface area contributed by atoms with Crippen molar-refractivity contribution >= 4 is 6.29 Å². The molecule has 17 heavy (non-hydrogen) atoms. The molecule has 0 aromatic heterocycles. The van der Waals surface area contributed by atoms with E-state index in [-0.39, 0.29) is 5.56 Å². The van der Waals surface area contributed by atoms with Crippen molar-refractivity contribution in [1.29, 1.82) is 0 Å². The number of carbonyl (C=O) groups is 1. The molecule has 0 aliphatic heterocycles. The summed E-state index contributed by atoms with van der Waals surface area (Å²) in [4.78, 5) is 10.5. The minimum Gasteiger partial charge on any atom is -0.298 e. The fourth-order valence-electron chi connectivity index (χ4n) is 1.57. The highest BCUT2D eigenvalue weighted by molar-refractivity contribution is 5.76. The van der Waals surface area contributed by atoms with Gasteiger partial charge in [-0.15, -0.1) is 0 Å². The first-order chi connectivity index (χ1) is 8.11. The molecule has 0 saturated carbocycles. The lowest BCUT2D eigenvalue weighted by molar-refractivity contribution is 0.112. The second-order valence-corrected chi connectivity index (χ2v) is 3.80. The Labute approximate surface area is 97.7 Å². The molecular weight excluding hydrogens is 222 g/mol. The van der Waals surface area contributed by atoms with Crippen molar-refractivity contribution in [2.24, 2.45) is 0 Å². The zero-order valence-electron chi connectivity index (χ0n) is 9.21. The normalized spacial score (nSPS) is 10.3. The molecule has 0 amide bonds. The van der Waals surface area contributed by atoms with Crippen LogP contribution in [0.4, 0.5) is 8.78 Å². The van der Waals surface area contributed by atoms with Crippen LogP contribution in [0.5, 0.6) is 0 Å². The fraction of sp³-hybridized carbons (Fsp3) is 0.0714. The molecule has 3 heteroatoms. The first-order valence-corrected chi connectivity index (χ1v) is 5.13. The summed E-state index contributed by atoms with van der Waals surface area (Å²) in [6.07, 6.45) is 0.722. The van der Waals surface area contributed by atoms with E-state index < -0.39 is 11.6 Å². The summed E-state index contributed by atoms with van der Waals surface area (Å²) in [5, 5.41) is 0. The lowest BCUT2D eigenvalue weighted by Gasteiger charge is -2.05. The van der Waals surface area contributed by atoms with Gasteiger partial charge in [0, 0.05) is 11.1 Å². The summed E-state index contributed by atoms with van der Waals surface area (Å²) in [7, 11) is 0. The summed E-state index contributed by atoms with van der Waals surface area (Å²) in [5.74, 6) is -1.14. The van der Waals surface area contributed by atoms with Gasteiger partial charge in [0.05, 0.1) is 0 Å². The van der Waals surface area contributed by atoms with Crippen molar-refractivity contribution < 1.29 is 13.6 Å². The van der Waals surface area contributed by atoms with Crippen molar-refractivity contribution in [3.63, 3.8) is 0 Å². The van der Waals surface area contributed by atoms with E-state index in [4.69, 9.17) is 0 Å². The molecule has 1 nitrogen and oxygen atoms in total. The highest BCUT2D eigenvalue weighted by atomic mass is 19.1. The number of carbonyl (C=O) groups excluding carboxylic acids is 1. The van der Waals surface area contributed by atoms with Gasteiger partial charge in [-0.25, -0.2) is 8.78 Å². The maximum Gasteiger partial charge on any atom is 0.150 e. The number of hydrogen-bond donors (Lipinski definition) is 0. The number of hydrogen-bond acceptors (Lipinski definition) is 1. The van der Waals surface area contributed by atoms with Crippen molar-refractivity contribution in [2.75, 3.05) is 0 Å². The third-order valence-electron chi connectivity index (χ3n) is 2.66. The maximum absolute atomic E-state index is 13.4. The molecular formula is C14H10F2O. The number of rotatable bonds is 2. The minimum atomic E-state index is -0.570. The molecule has 0 N–H and O–H groups in total. The molecule has 0 heterocycles. The first kappa shape index (κ1) is 11.5. The molecule has 0 bridgehead atoms. The van der Waals surface area contributed by atoms with E-state index in [0.717, 1.165) is 6.29 Å². The van der Waals surface area contributed by atoms with Crippen LogP contribution in [0.3, 0.4) is 0 Å². The molecule has 0 radical (unpaired) electrons. The number of aldehydes is 1. The fourth-order valence-corrected chi connectivity index (χ4v) is 1.57. The van der Waals surface area contributed by atoms with Gasteiger partial charge in [-0.1, -0.05) is 24.3 Å². The van der Waals surface area contributed by atoms with Crippen LogP contribution in [0.15, 0.2) is 36.4 Å². The van der Waals surface area contributed by atoms with Gasteiger partial charge < -0.3 is 0 Å². The highest BCUT2D eigenvalue weighted by Gasteiger charge is 2.08. The van der Waals surface area contributed by atoms with Crippen molar-refractivity contribution in [3.05, 3.63) is 59.2 Å². The van der Waals surface area contributed by atoms with E-state index in [0.29, 0.717) is 16.7 Å². The minimum absolute atomic E-state index is 0.0123. The zero-order chi connectivity index (χ0) is 12.4. The smallest absolute Gasteiger partial charge is 0.150 e. The second-order valence-electron chi connectivity index (χ2n) is 3.80. The Bertz CT molecular complexity index is 536. The average Bonchev–Trinajstić information content (AvgIpc) is 2.35. The van der Waals surface area contributed by atoms with Gasteiger partial charge in [0.2, 0.25) is 0 Å². The Morgan fingerprint density at radius 2 is 1.47 bits per heavy atom. The Balaban J connectivity index is 2.49. The molecule has 0 fully saturated rings. The zero-order valence-corrected chi connectivity index (χ0v) is 9.21. The van der Waals surface area contributed by atoms with Crippen LogP contribution in [-0.4, -0.2) is 6.29 Å². The van der Waals surface area contributed by atoms with Gasteiger partial charge in [0.15, 0.2) is 0 Å². The van der Waals surface area contributed by atoms with E-state index in [1.54, 1.807) is 24.3 Å². The van der Waals surface area contributed by atoms with Gasteiger partial charge >= 0.3 is 0 Å². The number of halogens is 2. The SMILES string of the molecule is Cc1c(F)cc(-c2ccc(C=O)cc2)cc1F. The lowest BCUT2D eigenvalue weighted by Crippen LogP contribution is -1.90. The molecule has 2 aromatic carbocycles. The van der Waals surface area contributed by atoms with E-state index >= 15 is 0 Å². The predicted molar refractivity (Wildman–Crippen MR) is 61.9 cm³/mol. The van der Waals surface area contributed by atoms with Gasteiger partial charge in [-0.2, -0.15) is 0 Å². The van der Waals surface area contributed by atoms with E-state index in [1.165, 1.54) is 19.1 Å². The van der Waals surface area contributed by atoms with Crippen LogP contribution in [0.1, 0.15) is 15.9 Å². The van der Waals surface area contributed by atoms with Gasteiger partial charge in [-0.3, -0.25) is 4.79 Å². The topological polar surface area (TPSA) is 17.1 Å². The highest BCUT2D eigenvalue weighted by Crippen LogP contribution is 2.24. The molecule has 2 rings (SSSR count). The lowest BCUT2D eigenvalue weighted by atomic mass is 10.0. The van der Waals surface area contributed by atoms with Crippen molar-refractivity contribution in [3.8, 4) is 11.1 Å². The molecule has 0 saturated heterocycles. The summed E-state index contributed by atoms with van der Waals surface area (Å²) >= 11 is 0. The van der Waals surface area contributed by atoms with Crippen molar-refractivity contribution in [2.45, 2.75) is 6.92 Å². The van der Waals surface area contributed by atoms with Crippen molar-refractivity contribution in [1.82, 2.24) is 0 Å². The van der Waals surface area contributed by atoms with E-state index in [9.17, 15) is 13.6 Å². The van der Waals surface area contributed by atoms with Gasteiger partial charge in [0.1, 0.15) is 17.9 Å². The third kappa shape index (κ3) is 2.23. The summed E-state index contributed by atoms with van der Waals surface area (Å²) in [5.41, 5.74) is 1.68. The van der Waals surface area contributed by atoms with Gasteiger partial charge in [-0.05, 0) is 30.2 Å². The Kier molecular flexibility index (Phi) is 3.00. The third-order valence-corrected chi connectivity index (χ3v) is 2.66. The van der Waals surface area contributed by atoms with Crippen LogP contribution >= 0.6 is 0 Å². The van der Waals surface area contributed by atoms with E-state index in [1.807, 2.05) is 0 Å². The van der Waals surface area contributed by atoms with Crippen LogP contribution < -0.4 is 0 Å². The molecule has 0 atom stereocenters. The number of benzene rings is 2. The monoisotopic (exact) mass is 232 g/mol. The average molecular weight is 232 g/mol. The molecule has 0 unspecified atom stereocenters. The predicted octanol–water partition coefficient (Wildman–Crippen LogP) is 3.75. The molecule has 2 aromatic rings. The van der Waals surface area contributed by atoms with Gasteiger partial charge in [0.25, 0.3) is 0 Å². The first-order valence-electron chi connectivity index (χ1n) is 5.13. The second kappa shape index (κ2) is 4.45. The Morgan fingerprint density at radius 3 is 1.94 bits per heavy atom. The molecule has 0 aliphatic rings. The quantitative estimate of drug-likeness (QED) is 0.720. The van der Waals surface area contributed by atoms with Crippen LogP contribution in [-0.2, 0) is 0 Å². The molecule has 0 spiro atoms. The van der Waals surface area contributed by atoms with Crippen LogP contribution in [0.25, 0.3) is 11.1 Å². The summed E-state index contributed by atoms with van der Waals surface area (Å²) < 4.78 is 26.7. The standard InChI is InChI=1S/C14H10F2O/c1-9-13(15)6-12(7-14(9)16)11-4-2-10(8-17)3-5-11/h2-8H,1H3. The largest absolute Gasteiger partial charge is 0.298 e.